The normalized spacial score (nSPS) is 18.0. The third kappa shape index (κ3) is 4.00. The van der Waals surface area contributed by atoms with Crippen molar-refractivity contribution in [1.82, 2.24) is 4.90 Å². The lowest BCUT2D eigenvalue weighted by molar-refractivity contribution is -0.157. The maximum atomic E-state index is 13.5. The van der Waals surface area contributed by atoms with E-state index in [1.54, 1.807) is 6.07 Å². The fourth-order valence-corrected chi connectivity index (χ4v) is 2.60. The van der Waals surface area contributed by atoms with E-state index in [9.17, 15) is 14.0 Å². The molecule has 0 bridgehead atoms. The number of esters is 1. The molecule has 0 saturated carbocycles. The molecule has 23 heavy (non-hydrogen) atoms. The second-order valence-electron chi connectivity index (χ2n) is 6.66. The quantitative estimate of drug-likeness (QED) is 0.619. The van der Waals surface area contributed by atoms with E-state index in [2.05, 4.69) is 4.74 Å². The van der Waals surface area contributed by atoms with Gasteiger partial charge in [0, 0.05) is 18.5 Å². The SMILES string of the molecule is COC(=O)C(=O)N1CCC(Oc2ccc(F)cc2C(C)(C)C)C1. The van der Waals surface area contributed by atoms with Crippen molar-refractivity contribution in [2.24, 2.45) is 0 Å². The van der Waals surface area contributed by atoms with Crippen molar-refractivity contribution >= 4 is 11.9 Å². The van der Waals surface area contributed by atoms with Crippen LogP contribution >= 0.6 is 0 Å². The summed E-state index contributed by atoms with van der Waals surface area (Å²) in [5, 5.41) is 0. The van der Waals surface area contributed by atoms with Crippen LogP contribution in [0.25, 0.3) is 0 Å². The van der Waals surface area contributed by atoms with E-state index in [4.69, 9.17) is 4.74 Å². The van der Waals surface area contributed by atoms with E-state index in [0.717, 1.165) is 5.56 Å². The van der Waals surface area contributed by atoms with Crippen LogP contribution in [0, 0.1) is 5.82 Å². The van der Waals surface area contributed by atoms with Crippen molar-refractivity contribution in [3.63, 3.8) is 0 Å². The van der Waals surface area contributed by atoms with Gasteiger partial charge in [0.2, 0.25) is 0 Å². The zero-order valence-corrected chi connectivity index (χ0v) is 13.9. The number of likely N-dealkylation sites (tertiary alicyclic amines) is 1. The molecule has 2 rings (SSSR count). The maximum Gasteiger partial charge on any atom is 0.396 e. The number of methoxy groups -OCH3 is 1. The first kappa shape index (κ1) is 17.2. The smallest absolute Gasteiger partial charge is 0.396 e. The predicted octanol–water partition coefficient (Wildman–Crippen LogP) is 2.28. The van der Waals surface area contributed by atoms with Gasteiger partial charge < -0.3 is 14.4 Å². The first-order valence-corrected chi connectivity index (χ1v) is 7.56. The van der Waals surface area contributed by atoms with Crippen molar-refractivity contribution in [3.8, 4) is 5.75 Å². The van der Waals surface area contributed by atoms with Crippen LogP contribution in [0.2, 0.25) is 0 Å². The van der Waals surface area contributed by atoms with Gasteiger partial charge in [-0.15, -0.1) is 0 Å². The Labute approximate surface area is 135 Å². The van der Waals surface area contributed by atoms with Crippen molar-refractivity contribution < 1.29 is 23.5 Å². The molecular formula is C17H22FNO4. The van der Waals surface area contributed by atoms with Crippen LogP contribution in [0.4, 0.5) is 4.39 Å². The fraction of sp³-hybridized carbons (Fsp3) is 0.529. The van der Waals surface area contributed by atoms with Gasteiger partial charge in [0.05, 0.1) is 13.7 Å². The van der Waals surface area contributed by atoms with Crippen molar-refractivity contribution in [3.05, 3.63) is 29.6 Å². The Morgan fingerprint density at radius 2 is 2.00 bits per heavy atom. The molecule has 1 heterocycles. The van der Waals surface area contributed by atoms with Crippen LogP contribution in [0.3, 0.4) is 0 Å². The van der Waals surface area contributed by atoms with Crippen LogP contribution in [-0.4, -0.2) is 43.1 Å². The summed E-state index contributed by atoms with van der Waals surface area (Å²) in [4.78, 5) is 24.5. The molecule has 1 aromatic rings. The van der Waals surface area contributed by atoms with Gasteiger partial charge >= 0.3 is 11.9 Å². The largest absolute Gasteiger partial charge is 0.488 e. The van der Waals surface area contributed by atoms with E-state index in [1.165, 1.54) is 24.1 Å². The number of benzene rings is 1. The molecule has 0 aliphatic carbocycles. The Kier molecular flexibility index (Phi) is 4.92. The van der Waals surface area contributed by atoms with Gasteiger partial charge in [-0.3, -0.25) is 4.79 Å². The third-order valence-corrected chi connectivity index (χ3v) is 3.84. The second-order valence-corrected chi connectivity index (χ2v) is 6.66. The lowest BCUT2D eigenvalue weighted by Crippen LogP contribution is -2.36. The number of hydrogen-bond acceptors (Lipinski definition) is 4. The lowest BCUT2D eigenvalue weighted by atomic mass is 9.86. The standard InChI is InChI=1S/C17H22FNO4/c1-17(2,3)13-9-11(18)5-6-14(13)23-12-7-8-19(10-12)15(20)16(21)22-4/h5-6,9,12H,7-8,10H2,1-4H3. The van der Waals surface area contributed by atoms with E-state index in [0.29, 0.717) is 25.3 Å². The number of ether oxygens (including phenoxy) is 2. The summed E-state index contributed by atoms with van der Waals surface area (Å²) < 4.78 is 23.9. The fourth-order valence-electron chi connectivity index (χ4n) is 2.60. The van der Waals surface area contributed by atoms with Gasteiger partial charge in [0.1, 0.15) is 17.7 Å². The molecule has 1 unspecified atom stereocenters. The Balaban J connectivity index is 2.10. The minimum atomic E-state index is -0.872. The highest BCUT2D eigenvalue weighted by molar-refractivity contribution is 6.32. The van der Waals surface area contributed by atoms with Crippen LogP contribution in [0.15, 0.2) is 18.2 Å². The highest BCUT2D eigenvalue weighted by Gasteiger charge is 2.32. The van der Waals surface area contributed by atoms with Gasteiger partial charge in [0.25, 0.3) is 0 Å². The summed E-state index contributed by atoms with van der Waals surface area (Å²) in [7, 11) is 1.18. The van der Waals surface area contributed by atoms with Gasteiger partial charge in [-0.1, -0.05) is 20.8 Å². The monoisotopic (exact) mass is 323 g/mol. The molecule has 1 atom stereocenters. The molecule has 6 heteroatoms. The summed E-state index contributed by atoms with van der Waals surface area (Å²) in [5.41, 5.74) is 0.507. The van der Waals surface area contributed by atoms with E-state index >= 15 is 0 Å². The average Bonchev–Trinajstić information content (AvgIpc) is 2.95. The Morgan fingerprint density at radius 1 is 1.30 bits per heavy atom. The van der Waals surface area contributed by atoms with Crippen LogP contribution in [0.5, 0.6) is 5.75 Å². The topological polar surface area (TPSA) is 55.8 Å². The van der Waals surface area contributed by atoms with E-state index in [1.807, 2.05) is 20.8 Å². The molecule has 1 aliphatic rings. The lowest BCUT2D eigenvalue weighted by Gasteiger charge is -2.25. The maximum absolute atomic E-state index is 13.5. The molecule has 0 aromatic heterocycles. The Hall–Kier alpha value is -2.11. The Morgan fingerprint density at radius 3 is 2.61 bits per heavy atom. The molecule has 1 fully saturated rings. The number of rotatable bonds is 2. The minimum Gasteiger partial charge on any atom is -0.488 e. The van der Waals surface area contributed by atoms with Crippen molar-refractivity contribution in [2.45, 2.75) is 38.7 Å². The number of halogens is 1. The molecule has 0 radical (unpaired) electrons. The summed E-state index contributed by atoms with van der Waals surface area (Å²) >= 11 is 0. The van der Waals surface area contributed by atoms with Crippen molar-refractivity contribution in [1.29, 1.82) is 0 Å². The van der Waals surface area contributed by atoms with E-state index in [-0.39, 0.29) is 17.3 Å². The van der Waals surface area contributed by atoms with Gasteiger partial charge in [0.15, 0.2) is 0 Å². The summed E-state index contributed by atoms with van der Waals surface area (Å²) in [5.74, 6) is -1.23. The van der Waals surface area contributed by atoms with Crippen LogP contribution in [-0.2, 0) is 19.7 Å². The summed E-state index contributed by atoms with van der Waals surface area (Å²) in [6.07, 6.45) is 0.388. The average molecular weight is 323 g/mol. The van der Waals surface area contributed by atoms with E-state index < -0.39 is 11.9 Å². The second kappa shape index (κ2) is 6.56. The number of carbonyl (C=O) groups is 2. The van der Waals surface area contributed by atoms with Gasteiger partial charge in [-0.2, -0.15) is 0 Å². The Bertz CT molecular complexity index is 609. The molecular weight excluding hydrogens is 301 g/mol. The van der Waals surface area contributed by atoms with Gasteiger partial charge in [-0.25, -0.2) is 9.18 Å². The number of nitrogens with zero attached hydrogens (tertiary/aromatic N) is 1. The molecule has 1 aliphatic heterocycles. The molecule has 1 saturated heterocycles. The summed E-state index contributed by atoms with van der Waals surface area (Å²) in [6.45, 7) is 6.70. The number of hydrogen-bond donors (Lipinski definition) is 0. The molecule has 0 N–H and O–H groups in total. The highest BCUT2D eigenvalue weighted by Crippen LogP contribution is 2.33. The number of amides is 1. The third-order valence-electron chi connectivity index (χ3n) is 3.84. The first-order valence-electron chi connectivity index (χ1n) is 7.56. The van der Waals surface area contributed by atoms with Crippen molar-refractivity contribution in [2.75, 3.05) is 20.2 Å². The van der Waals surface area contributed by atoms with Gasteiger partial charge in [-0.05, 0) is 23.6 Å². The molecule has 1 amide bonds. The molecule has 1 aromatic carbocycles. The first-order chi connectivity index (χ1) is 10.7. The molecule has 5 nitrogen and oxygen atoms in total. The predicted molar refractivity (Wildman–Crippen MR) is 82.7 cm³/mol. The molecule has 0 spiro atoms. The van der Waals surface area contributed by atoms with Crippen LogP contribution in [0.1, 0.15) is 32.8 Å². The van der Waals surface area contributed by atoms with Crippen LogP contribution < -0.4 is 4.74 Å². The molecule has 126 valence electrons. The number of carbonyl (C=O) groups excluding carboxylic acids is 2. The minimum absolute atomic E-state index is 0.227. The highest BCUT2D eigenvalue weighted by atomic mass is 19.1. The zero-order valence-electron chi connectivity index (χ0n) is 13.9. The summed E-state index contributed by atoms with van der Waals surface area (Å²) in [6, 6.07) is 4.44. The zero-order chi connectivity index (χ0) is 17.2.